The zero-order chi connectivity index (χ0) is 22.4. The number of halogens is 3. The van der Waals surface area contributed by atoms with Crippen molar-refractivity contribution >= 4 is 15.6 Å². The Hall–Kier alpha value is -1.83. The largest absolute Gasteiger partial charge is 0.391 e. The Morgan fingerprint density at radius 2 is 1.66 bits per heavy atom. The quantitative estimate of drug-likeness (QED) is 0.533. The topological polar surface area (TPSA) is 63.2 Å². The molecule has 0 aliphatic heterocycles. The van der Waals surface area contributed by atoms with Crippen molar-refractivity contribution in [1.29, 1.82) is 0 Å². The van der Waals surface area contributed by atoms with Gasteiger partial charge in [0, 0.05) is 12.5 Å². The predicted octanol–water partition coefficient (Wildman–Crippen LogP) is 4.90. The van der Waals surface area contributed by atoms with Gasteiger partial charge in [-0.15, -0.1) is 0 Å². The highest BCUT2D eigenvalue weighted by molar-refractivity contribution is 7.91. The molecule has 0 bridgehead atoms. The molecule has 0 amide bonds. The van der Waals surface area contributed by atoms with Crippen LogP contribution in [0.25, 0.3) is 0 Å². The number of ketones is 1. The van der Waals surface area contributed by atoms with Crippen molar-refractivity contribution < 1.29 is 26.4 Å². The second kappa shape index (κ2) is 10.3. The minimum absolute atomic E-state index is 0.00883. The molecule has 0 heterocycles. The zero-order valence-electron chi connectivity index (χ0n) is 17.5. The molecular weight excluding hydrogens is 403 g/mol. The first kappa shape index (κ1) is 25.2. The Morgan fingerprint density at radius 1 is 1.10 bits per heavy atom. The van der Waals surface area contributed by atoms with E-state index in [9.17, 15) is 26.4 Å². The van der Waals surface area contributed by atoms with E-state index in [1.807, 2.05) is 6.92 Å². The van der Waals surface area contributed by atoms with Gasteiger partial charge in [-0.1, -0.05) is 52.8 Å². The molecule has 8 heteroatoms. The van der Waals surface area contributed by atoms with Gasteiger partial charge in [0.2, 0.25) is 0 Å². The number of nitrogens with one attached hydrogen (secondary N) is 1. The van der Waals surface area contributed by atoms with E-state index in [-0.39, 0.29) is 28.7 Å². The van der Waals surface area contributed by atoms with Crippen molar-refractivity contribution in [3.05, 3.63) is 41.6 Å². The van der Waals surface area contributed by atoms with Crippen LogP contribution in [0.1, 0.15) is 46.6 Å². The molecule has 1 aromatic carbocycles. The lowest BCUT2D eigenvalue weighted by atomic mass is 9.81. The molecule has 1 N–H and O–H groups in total. The minimum Gasteiger partial charge on any atom is -0.378 e. The summed E-state index contributed by atoms with van der Waals surface area (Å²) >= 11 is 0. The summed E-state index contributed by atoms with van der Waals surface area (Å²) < 4.78 is 62.7. The number of sulfone groups is 1. The molecule has 0 saturated heterocycles. The number of carbonyl (C=O) groups is 1. The zero-order valence-corrected chi connectivity index (χ0v) is 18.3. The molecule has 0 aliphatic carbocycles. The molecule has 0 spiro atoms. The minimum atomic E-state index is -4.35. The number of Topliss-reactive ketones (excluding diaryl/α,β-unsaturated/α-hetero) is 1. The number of benzene rings is 1. The highest BCUT2D eigenvalue weighted by Crippen LogP contribution is 2.35. The van der Waals surface area contributed by atoms with Crippen molar-refractivity contribution in [2.24, 2.45) is 17.8 Å². The van der Waals surface area contributed by atoms with Crippen molar-refractivity contribution in [1.82, 2.24) is 5.32 Å². The summed E-state index contributed by atoms with van der Waals surface area (Å²) in [7, 11) is -3.29. The lowest BCUT2D eigenvalue weighted by molar-refractivity contribution is -0.186. The molecule has 1 rings (SSSR count). The van der Waals surface area contributed by atoms with Crippen LogP contribution in [0.5, 0.6) is 0 Å². The summed E-state index contributed by atoms with van der Waals surface area (Å²) in [6.07, 6.45) is -2.13. The molecule has 4 nitrogen and oxygen atoms in total. The summed E-state index contributed by atoms with van der Waals surface area (Å²) in [5.41, 5.74) is 1.05. The molecule has 1 aromatic rings. The van der Waals surface area contributed by atoms with Gasteiger partial charge >= 0.3 is 6.18 Å². The van der Waals surface area contributed by atoms with E-state index < -0.39 is 33.8 Å². The third kappa shape index (κ3) is 6.87. The first-order chi connectivity index (χ1) is 13.3. The Bertz CT molecular complexity index is 815. The third-order valence-corrected chi connectivity index (χ3v) is 7.08. The molecule has 0 saturated carbocycles. The van der Waals surface area contributed by atoms with Crippen LogP contribution in [0.2, 0.25) is 0 Å². The second-order valence-electron chi connectivity index (χ2n) is 7.27. The summed E-state index contributed by atoms with van der Waals surface area (Å²) in [5, 5.41) is 3.00. The van der Waals surface area contributed by atoms with E-state index in [0.29, 0.717) is 6.42 Å². The fourth-order valence-electron chi connectivity index (χ4n) is 2.86. The predicted molar refractivity (Wildman–Crippen MR) is 108 cm³/mol. The third-order valence-electron chi connectivity index (χ3n) is 5.33. The van der Waals surface area contributed by atoms with E-state index in [4.69, 9.17) is 0 Å². The van der Waals surface area contributed by atoms with Gasteiger partial charge in [0.05, 0.1) is 22.3 Å². The Labute approximate surface area is 171 Å². The van der Waals surface area contributed by atoms with Crippen LogP contribution in [0.4, 0.5) is 13.2 Å². The Kier molecular flexibility index (Phi) is 8.93. The van der Waals surface area contributed by atoms with Gasteiger partial charge < -0.3 is 5.32 Å². The highest BCUT2D eigenvalue weighted by Gasteiger charge is 2.42. The smallest absolute Gasteiger partial charge is 0.378 e. The second-order valence-corrected chi connectivity index (χ2v) is 9.55. The fourth-order valence-corrected chi connectivity index (χ4v) is 3.74. The molecule has 3 atom stereocenters. The lowest BCUT2D eigenvalue weighted by Crippen LogP contribution is -2.35. The van der Waals surface area contributed by atoms with Gasteiger partial charge in [0.1, 0.15) is 0 Å². The van der Waals surface area contributed by atoms with Crippen molar-refractivity contribution in [2.45, 2.75) is 58.7 Å². The maximum atomic E-state index is 13.0. The molecule has 3 unspecified atom stereocenters. The fraction of sp³-hybridized carbons (Fsp3) is 0.571. The number of hydrogen-bond donors (Lipinski definition) is 1. The monoisotopic (exact) mass is 433 g/mol. The number of rotatable bonds is 10. The van der Waals surface area contributed by atoms with E-state index in [1.165, 1.54) is 26.0 Å². The summed E-state index contributed by atoms with van der Waals surface area (Å²) in [6, 6.07) is 6.33. The SMILES string of the molecule is CC/C=C(\NCc1ccc(S(=O)(=O)CC)cc1)C(=O)C(C)C(C)C(C)C(F)(F)F. The Balaban J connectivity index is 2.89. The van der Waals surface area contributed by atoms with Crippen LogP contribution in [-0.2, 0) is 21.2 Å². The van der Waals surface area contributed by atoms with Crippen LogP contribution in [0, 0.1) is 17.8 Å². The number of carbonyl (C=O) groups excluding carboxylic acids is 1. The summed E-state index contributed by atoms with van der Waals surface area (Å²) in [6.45, 7) is 7.73. The molecule has 0 radical (unpaired) electrons. The number of allylic oxidation sites excluding steroid dienone is 2. The standard InChI is InChI=1S/C21H30F3NO3S/c1-6-8-19(20(26)15(4)14(3)16(5)21(22,23)24)25-13-17-9-11-18(12-10-17)29(27,28)7-2/h8-12,14-16,25H,6-7,13H2,1-5H3/b19-8-. The maximum Gasteiger partial charge on any atom is 0.391 e. The van der Waals surface area contributed by atoms with Crippen molar-refractivity contribution in [2.75, 3.05) is 5.75 Å². The van der Waals surface area contributed by atoms with Crippen LogP contribution in [0.15, 0.2) is 40.9 Å². The molecule has 0 aromatic heterocycles. The molecular formula is C21H30F3NO3S. The maximum absolute atomic E-state index is 13.0. The van der Waals surface area contributed by atoms with E-state index >= 15 is 0 Å². The highest BCUT2D eigenvalue weighted by atomic mass is 32.2. The van der Waals surface area contributed by atoms with Gasteiger partial charge in [-0.2, -0.15) is 13.2 Å². The van der Waals surface area contributed by atoms with Crippen LogP contribution in [0.3, 0.4) is 0 Å². The van der Waals surface area contributed by atoms with Crippen molar-refractivity contribution in [3.8, 4) is 0 Å². The van der Waals surface area contributed by atoms with Gasteiger partial charge in [0.25, 0.3) is 0 Å². The lowest BCUT2D eigenvalue weighted by Gasteiger charge is -2.27. The molecule has 0 aliphatic rings. The van der Waals surface area contributed by atoms with Gasteiger partial charge in [-0.3, -0.25) is 4.79 Å². The number of hydrogen-bond acceptors (Lipinski definition) is 4. The van der Waals surface area contributed by atoms with Gasteiger partial charge in [-0.05, 0) is 30.0 Å². The summed E-state index contributed by atoms with van der Waals surface area (Å²) in [5.74, 6) is -3.59. The molecule has 0 fully saturated rings. The van der Waals surface area contributed by atoms with Gasteiger partial charge in [0.15, 0.2) is 15.6 Å². The average Bonchev–Trinajstić information content (AvgIpc) is 2.68. The normalized spacial score (nSPS) is 16.2. The molecule has 29 heavy (non-hydrogen) atoms. The van der Waals surface area contributed by atoms with Crippen LogP contribution < -0.4 is 5.32 Å². The van der Waals surface area contributed by atoms with Crippen molar-refractivity contribution in [3.63, 3.8) is 0 Å². The van der Waals surface area contributed by atoms with E-state index in [0.717, 1.165) is 12.5 Å². The van der Waals surface area contributed by atoms with E-state index in [2.05, 4.69) is 5.32 Å². The first-order valence-electron chi connectivity index (χ1n) is 9.71. The van der Waals surface area contributed by atoms with Gasteiger partial charge in [-0.25, -0.2) is 8.42 Å². The average molecular weight is 434 g/mol. The van der Waals surface area contributed by atoms with Crippen LogP contribution in [-0.4, -0.2) is 26.1 Å². The first-order valence-corrected chi connectivity index (χ1v) is 11.4. The Morgan fingerprint density at radius 3 is 2.10 bits per heavy atom. The number of alkyl halides is 3. The summed E-state index contributed by atoms with van der Waals surface area (Å²) in [4.78, 5) is 13.0. The van der Waals surface area contributed by atoms with E-state index in [1.54, 1.807) is 25.1 Å². The van der Waals surface area contributed by atoms with Crippen LogP contribution >= 0.6 is 0 Å². The molecule has 164 valence electrons.